The van der Waals surface area contributed by atoms with E-state index in [1.807, 2.05) is 37.8 Å². The van der Waals surface area contributed by atoms with Crippen LogP contribution in [0.4, 0.5) is 4.79 Å². The predicted octanol–water partition coefficient (Wildman–Crippen LogP) is 2.93. The first-order chi connectivity index (χ1) is 13.0. The largest absolute Gasteiger partial charge is 0.444 e. The Hall–Kier alpha value is -2.87. The van der Waals surface area contributed by atoms with E-state index in [2.05, 4.69) is 32.5 Å². The number of rotatable bonds is 4. The van der Waals surface area contributed by atoms with Crippen LogP contribution in [-0.2, 0) is 16.5 Å². The summed E-state index contributed by atoms with van der Waals surface area (Å²) in [5, 5.41) is 7.94. The molecule has 2 atom stereocenters. The summed E-state index contributed by atoms with van der Waals surface area (Å²) in [5.41, 5.74) is 3.76. The van der Waals surface area contributed by atoms with Crippen molar-refractivity contribution in [2.24, 2.45) is 7.05 Å². The lowest BCUT2D eigenvalue weighted by Crippen LogP contribution is -2.33. The smallest absolute Gasteiger partial charge is 0.407 e. The molecule has 1 amide bonds. The van der Waals surface area contributed by atoms with Gasteiger partial charge in [-0.2, -0.15) is 5.10 Å². The second kappa shape index (κ2) is 7.03. The summed E-state index contributed by atoms with van der Waals surface area (Å²) < 4.78 is 13.1. The van der Waals surface area contributed by atoms with E-state index in [9.17, 15) is 4.79 Å². The zero-order valence-electron chi connectivity index (χ0n) is 15.6. The summed E-state index contributed by atoms with van der Waals surface area (Å²) in [7, 11) is 1.90. The third-order valence-electron chi connectivity index (χ3n) is 4.60. The van der Waals surface area contributed by atoms with Gasteiger partial charge in [0.1, 0.15) is 11.8 Å². The van der Waals surface area contributed by atoms with E-state index in [1.165, 1.54) is 0 Å². The van der Waals surface area contributed by atoms with E-state index >= 15 is 0 Å². The molecule has 0 radical (unpaired) electrons. The molecule has 1 saturated heterocycles. The maximum Gasteiger partial charge on any atom is 0.407 e. The van der Waals surface area contributed by atoms with Gasteiger partial charge in [-0.1, -0.05) is 0 Å². The lowest BCUT2D eigenvalue weighted by atomic mass is 10.1. The van der Waals surface area contributed by atoms with Crippen LogP contribution in [-0.4, -0.2) is 44.6 Å². The SMILES string of the molecule is CC(C)NC(=O)O[C@@H]1CO[C@H](c2cnc3[nH]c(-c4ccnn4C)cc3c2)C1. The van der Waals surface area contributed by atoms with Gasteiger partial charge in [-0.05, 0) is 37.6 Å². The van der Waals surface area contributed by atoms with Crippen LogP contribution in [0.5, 0.6) is 0 Å². The van der Waals surface area contributed by atoms with E-state index < -0.39 is 6.09 Å². The average molecular weight is 369 g/mol. The minimum Gasteiger partial charge on any atom is -0.444 e. The highest BCUT2D eigenvalue weighted by molar-refractivity contribution is 5.82. The van der Waals surface area contributed by atoms with Gasteiger partial charge in [0.15, 0.2) is 0 Å². The standard InChI is InChI=1S/C19H23N5O3/c1-11(2)22-19(25)27-14-8-17(26-10-14)13-6-12-7-15(23-18(12)20-9-13)16-4-5-21-24(16)3/h4-7,9,11,14,17H,8,10H2,1-3H3,(H,20,23)(H,22,25)/t14-,17-/m0/s1. The number of hydrogen-bond acceptors (Lipinski definition) is 5. The van der Waals surface area contributed by atoms with Gasteiger partial charge in [0.05, 0.1) is 24.1 Å². The molecule has 1 aliphatic rings. The Bertz CT molecular complexity index is 961. The first-order valence-electron chi connectivity index (χ1n) is 9.05. The first kappa shape index (κ1) is 17.5. The van der Waals surface area contributed by atoms with Crippen molar-refractivity contribution >= 4 is 17.1 Å². The summed E-state index contributed by atoms with van der Waals surface area (Å²) in [6, 6.07) is 6.13. The third kappa shape index (κ3) is 3.66. The topological polar surface area (TPSA) is 94.1 Å². The lowest BCUT2D eigenvalue weighted by molar-refractivity contribution is 0.0691. The van der Waals surface area contributed by atoms with Crippen molar-refractivity contribution in [3.63, 3.8) is 0 Å². The average Bonchev–Trinajstić information content (AvgIpc) is 3.31. The fourth-order valence-electron chi connectivity index (χ4n) is 3.32. The van der Waals surface area contributed by atoms with Crippen molar-refractivity contribution < 1.29 is 14.3 Å². The van der Waals surface area contributed by atoms with E-state index in [4.69, 9.17) is 9.47 Å². The van der Waals surface area contributed by atoms with Crippen molar-refractivity contribution in [3.8, 4) is 11.4 Å². The normalized spacial score (nSPS) is 19.7. The number of amides is 1. The number of H-pyrrole nitrogens is 1. The lowest BCUT2D eigenvalue weighted by Gasteiger charge is -2.13. The van der Waals surface area contributed by atoms with Crippen molar-refractivity contribution in [2.75, 3.05) is 6.61 Å². The summed E-state index contributed by atoms with van der Waals surface area (Å²) in [6.07, 6.45) is 3.42. The number of carbonyl (C=O) groups is 1. The molecule has 0 spiro atoms. The number of nitrogens with zero attached hydrogens (tertiary/aromatic N) is 3. The highest BCUT2D eigenvalue weighted by Gasteiger charge is 2.30. The second-order valence-corrected chi connectivity index (χ2v) is 7.11. The maximum atomic E-state index is 11.8. The molecular weight excluding hydrogens is 346 g/mol. The van der Waals surface area contributed by atoms with E-state index in [1.54, 1.807) is 6.20 Å². The second-order valence-electron chi connectivity index (χ2n) is 7.11. The van der Waals surface area contributed by atoms with Crippen LogP contribution < -0.4 is 5.32 Å². The van der Waals surface area contributed by atoms with Crippen LogP contribution >= 0.6 is 0 Å². The van der Waals surface area contributed by atoms with Crippen LogP contribution in [0.2, 0.25) is 0 Å². The molecule has 142 valence electrons. The van der Waals surface area contributed by atoms with Gasteiger partial charge in [0.2, 0.25) is 0 Å². The zero-order chi connectivity index (χ0) is 19.0. The zero-order valence-corrected chi connectivity index (χ0v) is 15.6. The molecular formula is C19H23N5O3. The molecule has 0 unspecified atom stereocenters. The molecule has 2 N–H and O–H groups in total. The molecule has 8 heteroatoms. The highest BCUT2D eigenvalue weighted by Crippen LogP contribution is 2.32. The molecule has 0 saturated carbocycles. The maximum absolute atomic E-state index is 11.8. The molecule has 4 heterocycles. The number of alkyl carbamates (subject to hydrolysis) is 1. The number of aryl methyl sites for hydroxylation is 1. The number of nitrogens with one attached hydrogen (secondary N) is 2. The Labute approximate surface area is 156 Å². The third-order valence-corrected chi connectivity index (χ3v) is 4.60. The van der Waals surface area contributed by atoms with Gasteiger partial charge in [0.25, 0.3) is 0 Å². The Morgan fingerprint density at radius 3 is 3.04 bits per heavy atom. The number of fused-ring (bicyclic) bond motifs is 1. The van der Waals surface area contributed by atoms with Crippen LogP contribution in [0.25, 0.3) is 22.4 Å². The number of hydrogen-bond donors (Lipinski definition) is 2. The molecule has 0 aromatic carbocycles. The molecule has 1 fully saturated rings. The monoisotopic (exact) mass is 369 g/mol. The van der Waals surface area contributed by atoms with E-state index in [-0.39, 0.29) is 18.2 Å². The van der Waals surface area contributed by atoms with Crippen molar-refractivity contribution in [3.05, 3.63) is 36.2 Å². The minimum absolute atomic E-state index is 0.0458. The number of aromatic nitrogens is 4. The quantitative estimate of drug-likeness (QED) is 0.737. The van der Waals surface area contributed by atoms with Crippen LogP contribution in [0.1, 0.15) is 31.9 Å². The highest BCUT2D eigenvalue weighted by atomic mass is 16.6. The molecule has 4 rings (SSSR count). The van der Waals surface area contributed by atoms with Crippen molar-refractivity contribution in [1.82, 2.24) is 25.1 Å². The van der Waals surface area contributed by atoms with E-state index in [0.29, 0.717) is 13.0 Å². The summed E-state index contributed by atoms with van der Waals surface area (Å²) in [5.74, 6) is 0. The van der Waals surface area contributed by atoms with Gasteiger partial charge in [-0.15, -0.1) is 0 Å². The minimum atomic E-state index is -0.403. The van der Waals surface area contributed by atoms with Crippen LogP contribution in [0.3, 0.4) is 0 Å². The van der Waals surface area contributed by atoms with Gasteiger partial charge >= 0.3 is 6.09 Å². The number of carbonyl (C=O) groups excluding carboxylic acids is 1. The molecule has 0 aliphatic carbocycles. The van der Waals surface area contributed by atoms with Gasteiger partial charge in [0, 0.05) is 37.3 Å². The fraction of sp³-hybridized carbons (Fsp3) is 0.421. The molecule has 3 aromatic rings. The first-order valence-corrected chi connectivity index (χ1v) is 9.05. The Morgan fingerprint density at radius 1 is 1.44 bits per heavy atom. The molecule has 27 heavy (non-hydrogen) atoms. The summed E-state index contributed by atoms with van der Waals surface area (Å²) >= 11 is 0. The molecule has 8 nitrogen and oxygen atoms in total. The van der Waals surface area contributed by atoms with Gasteiger partial charge in [-0.25, -0.2) is 9.78 Å². The van der Waals surface area contributed by atoms with Crippen LogP contribution in [0, 0.1) is 0 Å². The van der Waals surface area contributed by atoms with E-state index in [0.717, 1.165) is 28.0 Å². The summed E-state index contributed by atoms with van der Waals surface area (Å²) in [6.45, 7) is 4.18. The number of ether oxygens (including phenoxy) is 2. The fourth-order valence-corrected chi connectivity index (χ4v) is 3.32. The molecule has 3 aromatic heterocycles. The van der Waals surface area contributed by atoms with Crippen molar-refractivity contribution in [2.45, 2.75) is 38.5 Å². The molecule has 1 aliphatic heterocycles. The number of aromatic amines is 1. The Morgan fingerprint density at radius 2 is 2.30 bits per heavy atom. The van der Waals surface area contributed by atoms with Gasteiger partial charge in [-0.3, -0.25) is 4.68 Å². The number of pyridine rings is 1. The van der Waals surface area contributed by atoms with Crippen LogP contribution in [0.15, 0.2) is 30.6 Å². The summed E-state index contributed by atoms with van der Waals surface area (Å²) in [4.78, 5) is 19.6. The Kier molecular flexibility index (Phi) is 4.57. The molecule has 0 bridgehead atoms. The predicted molar refractivity (Wildman–Crippen MR) is 100 cm³/mol. The Balaban J connectivity index is 1.48. The van der Waals surface area contributed by atoms with Gasteiger partial charge < -0.3 is 19.8 Å². The van der Waals surface area contributed by atoms with Crippen molar-refractivity contribution in [1.29, 1.82) is 0 Å².